The van der Waals surface area contributed by atoms with Crippen molar-refractivity contribution in [1.29, 1.82) is 0 Å². The van der Waals surface area contributed by atoms with Crippen molar-refractivity contribution in [1.82, 2.24) is 19.7 Å². The maximum atomic E-state index is 5.31. The van der Waals surface area contributed by atoms with E-state index in [1.807, 2.05) is 30.3 Å². The van der Waals surface area contributed by atoms with E-state index in [-0.39, 0.29) is 0 Å². The Labute approximate surface area is 307 Å². The van der Waals surface area contributed by atoms with Gasteiger partial charge < -0.3 is 0 Å². The minimum absolute atomic E-state index is 0.874. The zero-order valence-corrected chi connectivity index (χ0v) is 28.8. The molecule has 0 aliphatic heterocycles. The van der Waals surface area contributed by atoms with E-state index in [1.165, 1.54) is 21.9 Å². The summed E-state index contributed by atoms with van der Waals surface area (Å²) in [7, 11) is 0. The Morgan fingerprint density at radius 3 is 1.77 bits per heavy atom. The van der Waals surface area contributed by atoms with Gasteiger partial charge in [-0.3, -0.25) is 4.98 Å². The Morgan fingerprint density at radius 1 is 0.415 bits per heavy atom. The summed E-state index contributed by atoms with van der Waals surface area (Å²) in [5.41, 5.74) is 13.9. The van der Waals surface area contributed by atoms with Gasteiger partial charge in [-0.1, -0.05) is 146 Å². The summed E-state index contributed by atoms with van der Waals surface area (Å²) in [6.07, 6.45) is 1.80. The average molecular weight is 677 g/mol. The van der Waals surface area contributed by atoms with E-state index in [0.29, 0.717) is 0 Å². The van der Waals surface area contributed by atoms with E-state index in [4.69, 9.17) is 10.1 Å². The van der Waals surface area contributed by atoms with Gasteiger partial charge in [-0.15, -0.1) is 0 Å². The number of benzene rings is 7. The lowest BCUT2D eigenvalue weighted by Crippen LogP contribution is -1.96. The maximum absolute atomic E-state index is 5.31. The van der Waals surface area contributed by atoms with Gasteiger partial charge in [0.2, 0.25) is 0 Å². The van der Waals surface area contributed by atoms with Crippen molar-refractivity contribution in [3.05, 3.63) is 194 Å². The van der Waals surface area contributed by atoms with E-state index >= 15 is 0 Å². The maximum Gasteiger partial charge on any atom is 0.101 e. The fourth-order valence-electron chi connectivity index (χ4n) is 7.42. The van der Waals surface area contributed by atoms with Crippen LogP contribution in [0, 0.1) is 0 Å². The average Bonchev–Trinajstić information content (AvgIpc) is 3.65. The van der Waals surface area contributed by atoms with Crippen molar-refractivity contribution < 1.29 is 0 Å². The normalized spacial score (nSPS) is 11.4. The third-order valence-electron chi connectivity index (χ3n) is 10.1. The van der Waals surface area contributed by atoms with Crippen molar-refractivity contribution in [2.75, 3.05) is 0 Å². The molecule has 0 aliphatic rings. The molecule has 3 aromatic heterocycles. The molecule has 0 saturated heterocycles. The molecule has 0 fully saturated rings. The highest BCUT2D eigenvalue weighted by Crippen LogP contribution is 2.42. The van der Waals surface area contributed by atoms with Crippen molar-refractivity contribution in [2.24, 2.45) is 0 Å². The zero-order valence-electron chi connectivity index (χ0n) is 28.8. The number of hydrogen-bond acceptors (Lipinski definition) is 3. The van der Waals surface area contributed by atoms with Gasteiger partial charge >= 0.3 is 0 Å². The lowest BCUT2D eigenvalue weighted by atomic mass is 9.92. The van der Waals surface area contributed by atoms with Crippen LogP contribution < -0.4 is 0 Å². The lowest BCUT2D eigenvalue weighted by molar-refractivity contribution is 0.918. The number of pyridine rings is 2. The molecule has 0 saturated carbocycles. The van der Waals surface area contributed by atoms with Crippen LogP contribution in [-0.2, 0) is 0 Å². The quantitative estimate of drug-likeness (QED) is 0.176. The standard InChI is InChI=1S/C49H32N4/c1-3-11-38(12-4-1)48-47-43(31-40-13-7-8-16-42(40)49(47)53(52-48)41-14-5-2-6-15-41)36-24-22-34(23-25-36)33-18-20-35(21-19-33)39-27-26-37-28-29-45(51-46(37)32-39)44-17-9-10-30-50-44/h1-32H. The number of rotatable bonds is 6. The third-order valence-corrected chi connectivity index (χ3v) is 10.1. The molecule has 3 heterocycles. The molecule has 10 aromatic rings. The molecular weight excluding hydrogens is 645 g/mol. The Bertz CT molecular complexity index is 2900. The summed E-state index contributed by atoms with van der Waals surface area (Å²) in [6.45, 7) is 0. The molecule has 53 heavy (non-hydrogen) atoms. The summed E-state index contributed by atoms with van der Waals surface area (Å²) in [5, 5.41) is 9.93. The van der Waals surface area contributed by atoms with E-state index in [2.05, 4.69) is 167 Å². The molecule has 10 rings (SSSR count). The SMILES string of the molecule is c1ccc(-c2nn(-c3ccccc3)c3c2c(-c2ccc(-c4ccc(-c5ccc6ccc(-c7ccccn7)nc6c5)cc4)cc2)cc2ccccc23)cc1. The van der Waals surface area contributed by atoms with Crippen molar-refractivity contribution >= 4 is 32.6 Å². The molecule has 0 amide bonds. The molecule has 0 aliphatic carbocycles. The summed E-state index contributed by atoms with van der Waals surface area (Å²) in [5.74, 6) is 0. The molecule has 0 unspecified atom stereocenters. The highest BCUT2D eigenvalue weighted by Gasteiger charge is 2.21. The first-order chi connectivity index (χ1) is 26.3. The van der Waals surface area contributed by atoms with Crippen LogP contribution in [0.15, 0.2) is 194 Å². The van der Waals surface area contributed by atoms with Crippen LogP contribution in [0.2, 0.25) is 0 Å². The van der Waals surface area contributed by atoms with E-state index in [1.54, 1.807) is 6.20 Å². The Balaban J connectivity index is 1.03. The molecular formula is C49H32N4. The molecule has 0 N–H and O–H groups in total. The van der Waals surface area contributed by atoms with Crippen LogP contribution >= 0.6 is 0 Å². The van der Waals surface area contributed by atoms with Crippen LogP contribution in [-0.4, -0.2) is 19.7 Å². The minimum atomic E-state index is 0.874. The first kappa shape index (κ1) is 30.6. The second kappa shape index (κ2) is 12.9. The number of nitrogens with zero attached hydrogens (tertiary/aromatic N) is 4. The second-order valence-electron chi connectivity index (χ2n) is 13.3. The first-order valence-corrected chi connectivity index (χ1v) is 17.9. The first-order valence-electron chi connectivity index (χ1n) is 17.9. The van der Waals surface area contributed by atoms with Gasteiger partial charge in [0.05, 0.1) is 28.1 Å². The molecule has 0 bridgehead atoms. The number of fused-ring (bicyclic) bond motifs is 4. The summed E-state index contributed by atoms with van der Waals surface area (Å²) in [6, 6.07) is 66.2. The summed E-state index contributed by atoms with van der Waals surface area (Å²) >= 11 is 0. The van der Waals surface area contributed by atoms with Crippen molar-refractivity contribution in [3.8, 4) is 61.7 Å². The minimum Gasteiger partial charge on any atom is -0.255 e. The predicted octanol–water partition coefficient (Wildman–Crippen LogP) is 12.5. The largest absolute Gasteiger partial charge is 0.255 e. The summed E-state index contributed by atoms with van der Waals surface area (Å²) < 4.78 is 2.12. The summed E-state index contributed by atoms with van der Waals surface area (Å²) in [4.78, 5) is 9.42. The number of aromatic nitrogens is 4. The highest BCUT2D eigenvalue weighted by atomic mass is 15.3. The fourth-order valence-corrected chi connectivity index (χ4v) is 7.42. The van der Waals surface area contributed by atoms with Crippen LogP contribution in [0.25, 0.3) is 94.3 Å². The third kappa shape index (κ3) is 5.54. The van der Waals surface area contributed by atoms with Gasteiger partial charge in [0.15, 0.2) is 0 Å². The molecule has 0 atom stereocenters. The molecule has 7 aromatic carbocycles. The van der Waals surface area contributed by atoms with E-state index in [9.17, 15) is 0 Å². The van der Waals surface area contributed by atoms with Crippen LogP contribution in [0.4, 0.5) is 0 Å². The van der Waals surface area contributed by atoms with Gasteiger partial charge in [-0.25, -0.2) is 9.67 Å². The van der Waals surface area contributed by atoms with E-state index in [0.717, 1.165) is 72.4 Å². The highest BCUT2D eigenvalue weighted by molar-refractivity contribution is 6.17. The molecule has 0 spiro atoms. The van der Waals surface area contributed by atoms with E-state index < -0.39 is 0 Å². The predicted molar refractivity (Wildman–Crippen MR) is 219 cm³/mol. The second-order valence-corrected chi connectivity index (χ2v) is 13.3. The fraction of sp³-hybridized carbons (Fsp3) is 0. The topological polar surface area (TPSA) is 43.6 Å². The van der Waals surface area contributed by atoms with Crippen molar-refractivity contribution in [3.63, 3.8) is 0 Å². The Kier molecular flexibility index (Phi) is 7.43. The molecule has 0 radical (unpaired) electrons. The lowest BCUT2D eigenvalue weighted by Gasteiger charge is -2.12. The smallest absolute Gasteiger partial charge is 0.101 e. The van der Waals surface area contributed by atoms with Gasteiger partial charge in [-0.2, -0.15) is 5.10 Å². The van der Waals surface area contributed by atoms with Gasteiger partial charge in [-0.05, 0) is 81.2 Å². The van der Waals surface area contributed by atoms with Crippen LogP contribution in [0.3, 0.4) is 0 Å². The van der Waals surface area contributed by atoms with Gasteiger partial charge in [0.1, 0.15) is 5.69 Å². The van der Waals surface area contributed by atoms with Crippen LogP contribution in [0.5, 0.6) is 0 Å². The van der Waals surface area contributed by atoms with Crippen molar-refractivity contribution in [2.45, 2.75) is 0 Å². The molecule has 4 heteroatoms. The Morgan fingerprint density at radius 2 is 1.04 bits per heavy atom. The number of para-hydroxylation sites is 1. The Hall–Kier alpha value is -7.17. The van der Waals surface area contributed by atoms with Gasteiger partial charge in [0.25, 0.3) is 0 Å². The molecule has 248 valence electrons. The van der Waals surface area contributed by atoms with Crippen LogP contribution in [0.1, 0.15) is 0 Å². The number of hydrogen-bond donors (Lipinski definition) is 0. The molecule has 4 nitrogen and oxygen atoms in total. The monoisotopic (exact) mass is 676 g/mol. The van der Waals surface area contributed by atoms with Gasteiger partial charge in [0, 0.05) is 27.9 Å². The zero-order chi connectivity index (χ0) is 35.1.